The molecule has 0 radical (unpaired) electrons. The van der Waals surface area contributed by atoms with E-state index in [9.17, 15) is 4.79 Å². The molecule has 2 atom stereocenters. The van der Waals surface area contributed by atoms with Crippen LogP contribution in [0.2, 0.25) is 0 Å². The van der Waals surface area contributed by atoms with E-state index in [0.717, 1.165) is 12.2 Å². The highest BCUT2D eigenvalue weighted by Gasteiger charge is 2.28. The van der Waals surface area contributed by atoms with Crippen LogP contribution in [0.15, 0.2) is 22.8 Å². The van der Waals surface area contributed by atoms with E-state index in [4.69, 9.17) is 13.9 Å². The summed E-state index contributed by atoms with van der Waals surface area (Å²) in [6.07, 6.45) is 2.49. The highest BCUT2D eigenvalue weighted by Crippen LogP contribution is 2.13. The number of hydrogen-bond donors (Lipinski definition) is 1. The molecule has 0 aliphatic carbocycles. The zero-order chi connectivity index (χ0) is 15.1. The van der Waals surface area contributed by atoms with Crippen LogP contribution in [0.5, 0.6) is 0 Å². The number of nitrogens with zero attached hydrogens (tertiary/aromatic N) is 1. The van der Waals surface area contributed by atoms with Crippen molar-refractivity contribution in [1.29, 1.82) is 0 Å². The van der Waals surface area contributed by atoms with Crippen LogP contribution >= 0.6 is 0 Å². The third kappa shape index (κ3) is 4.75. The summed E-state index contributed by atoms with van der Waals surface area (Å²) in [6, 6.07) is 3.80. The number of carbonyl (C=O) groups excluding carboxylic acids is 1. The van der Waals surface area contributed by atoms with Gasteiger partial charge in [0, 0.05) is 19.7 Å². The molecule has 1 aromatic rings. The predicted molar refractivity (Wildman–Crippen MR) is 78.0 cm³/mol. The summed E-state index contributed by atoms with van der Waals surface area (Å²) >= 11 is 0. The van der Waals surface area contributed by atoms with Crippen molar-refractivity contribution >= 4 is 6.03 Å². The van der Waals surface area contributed by atoms with Crippen LogP contribution in [0, 0.1) is 0 Å². The largest absolute Gasteiger partial charge is 0.467 e. The molecule has 0 unspecified atom stereocenters. The van der Waals surface area contributed by atoms with Crippen LogP contribution in [0.1, 0.15) is 26.0 Å². The van der Waals surface area contributed by atoms with Gasteiger partial charge < -0.3 is 24.1 Å². The Balaban J connectivity index is 1.56. The molecule has 1 N–H and O–H groups in total. The minimum absolute atomic E-state index is 0.0244. The fraction of sp³-hybridized carbons (Fsp3) is 0.667. The van der Waals surface area contributed by atoms with Gasteiger partial charge in [0.25, 0.3) is 0 Å². The molecule has 0 bridgehead atoms. The van der Waals surface area contributed by atoms with Crippen molar-refractivity contribution < 1.29 is 18.7 Å². The lowest BCUT2D eigenvalue weighted by Crippen LogP contribution is -2.54. The molecule has 0 spiro atoms. The van der Waals surface area contributed by atoms with Gasteiger partial charge in [-0.3, -0.25) is 0 Å². The van der Waals surface area contributed by atoms with Gasteiger partial charge in [0.2, 0.25) is 0 Å². The summed E-state index contributed by atoms with van der Waals surface area (Å²) in [5.74, 6) is 0.815. The van der Waals surface area contributed by atoms with E-state index in [2.05, 4.69) is 5.32 Å². The second-order valence-corrected chi connectivity index (χ2v) is 5.23. The number of amides is 2. The first-order chi connectivity index (χ1) is 10.2. The summed E-state index contributed by atoms with van der Waals surface area (Å²) in [4.78, 5) is 13.9. The Kier molecular flexibility index (Phi) is 6.07. The minimum Gasteiger partial charge on any atom is -0.467 e. The van der Waals surface area contributed by atoms with Crippen molar-refractivity contribution in [2.45, 2.75) is 39.0 Å². The molecule has 1 aliphatic heterocycles. The molecule has 0 aromatic carbocycles. The molecule has 2 rings (SSSR count). The van der Waals surface area contributed by atoms with Gasteiger partial charge in [-0.15, -0.1) is 0 Å². The van der Waals surface area contributed by atoms with E-state index in [-0.39, 0.29) is 18.2 Å². The van der Waals surface area contributed by atoms with Gasteiger partial charge >= 0.3 is 6.03 Å². The van der Waals surface area contributed by atoms with E-state index in [1.54, 1.807) is 6.26 Å². The maximum atomic E-state index is 12.1. The summed E-state index contributed by atoms with van der Waals surface area (Å²) < 4.78 is 16.1. The quantitative estimate of drug-likeness (QED) is 0.816. The number of carbonyl (C=O) groups is 1. The average molecular weight is 296 g/mol. The van der Waals surface area contributed by atoms with Crippen molar-refractivity contribution in [2.24, 2.45) is 0 Å². The topological polar surface area (TPSA) is 63.9 Å². The number of nitrogens with one attached hydrogen (secondary N) is 1. The molecule has 6 heteroatoms. The molecule has 2 heterocycles. The van der Waals surface area contributed by atoms with Gasteiger partial charge in [-0.1, -0.05) is 0 Å². The van der Waals surface area contributed by atoms with Gasteiger partial charge in [-0.25, -0.2) is 4.79 Å². The number of furan rings is 1. The first-order valence-corrected chi connectivity index (χ1v) is 7.44. The monoisotopic (exact) mass is 296 g/mol. The van der Waals surface area contributed by atoms with E-state index < -0.39 is 0 Å². The predicted octanol–water partition coefficient (Wildman–Crippen LogP) is 2.01. The van der Waals surface area contributed by atoms with Crippen LogP contribution in [0.25, 0.3) is 0 Å². The second kappa shape index (κ2) is 8.05. The summed E-state index contributed by atoms with van der Waals surface area (Å²) in [7, 11) is 0. The SMILES string of the molecule is C[C@@H]1OCCN(C(=O)NCCCOCc2ccco2)[C@H]1C. The standard InChI is InChI=1S/C15H24N2O4/c1-12-13(2)20-10-7-17(12)15(18)16-6-4-8-19-11-14-5-3-9-21-14/h3,5,9,12-13H,4,6-8,10-11H2,1-2H3,(H,16,18)/t12-,13-/m0/s1. The molecule has 118 valence electrons. The zero-order valence-electron chi connectivity index (χ0n) is 12.7. The maximum Gasteiger partial charge on any atom is 0.317 e. The zero-order valence-corrected chi connectivity index (χ0v) is 12.7. The fourth-order valence-corrected chi connectivity index (χ4v) is 2.26. The fourth-order valence-electron chi connectivity index (χ4n) is 2.26. The lowest BCUT2D eigenvalue weighted by Gasteiger charge is -2.37. The van der Waals surface area contributed by atoms with Crippen molar-refractivity contribution in [1.82, 2.24) is 10.2 Å². The Labute approximate surface area is 125 Å². The van der Waals surface area contributed by atoms with E-state index >= 15 is 0 Å². The highest BCUT2D eigenvalue weighted by molar-refractivity contribution is 5.74. The minimum atomic E-state index is -0.0244. The van der Waals surface area contributed by atoms with Crippen LogP contribution < -0.4 is 5.32 Å². The first-order valence-electron chi connectivity index (χ1n) is 7.44. The number of morpholine rings is 1. The normalized spacial score (nSPS) is 22.3. The van der Waals surface area contributed by atoms with E-state index in [1.807, 2.05) is 30.9 Å². The number of hydrogen-bond acceptors (Lipinski definition) is 4. The molecular formula is C15H24N2O4. The first kappa shape index (κ1) is 15.9. The molecule has 6 nitrogen and oxygen atoms in total. The van der Waals surface area contributed by atoms with Crippen molar-refractivity contribution in [3.63, 3.8) is 0 Å². The summed E-state index contributed by atoms with van der Waals surface area (Å²) in [6.45, 7) is 6.92. The van der Waals surface area contributed by atoms with Crippen LogP contribution in [0.4, 0.5) is 4.79 Å². The molecule has 0 saturated carbocycles. The summed E-state index contributed by atoms with van der Waals surface area (Å²) in [5.41, 5.74) is 0. The Morgan fingerprint density at radius 1 is 1.52 bits per heavy atom. The van der Waals surface area contributed by atoms with Gasteiger partial charge in [0.05, 0.1) is 25.0 Å². The van der Waals surface area contributed by atoms with Gasteiger partial charge in [0.1, 0.15) is 12.4 Å². The molecule has 1 aromatic heterocycles. The van der Waals surface area contributed by atoms with Crippen molar-refractivity contribution in [3.8, 4) is 0 Å². The second-order valence-electron chi connectivity index (χ2n) is 5.23. The molecule has 1 fully saturated rings. The van der Waals surface area contributed by atoms with E-state index in [0.29, 0.717) is 32.9 Å². The van der Waals surface area contributed by atoms with E-state index in [1.165, 1.54) is 0 Å². The molecule has 1 saturated heterocycles. The van der Waals surface area contributed by atoms with Crippen LogP contribution in [0.3, 0.4) is 0 Å². The third-order valence-electron chi connectivity index (χ3n) is 3.71. The Bertz CT molecular complexity index is 421. The van der Waals surface area contributed by atoms with Gasteiger partial charge in [-0.05, 0) is 32.4 Å². The number of rotatable bonds is 6. The molecule has 21 heavy (non-hydrogen) atoms. The summed E-state index contributed by atoms with van der Waals surface area (Å²) in [5, 5.41) is 2.93. The van der Waals surface area contributed by atoms with Crippen LogP contribution in [-0.2, 0) is 16.1 Å². The van der Waals surface area contributed by atoms with Gasteiger partial charge in [0.15, 0.2) is 0 Å². The van der Waals surface area contributed by atoms with Crippen molar-refractivity contribution in [3.05, 3.63) is 24.2 Å². The maximum absolute atomic E-state index is 12.1. The Hall–Kier alpha value is -1.53. The highest BCUT2D eigenvalue weighted by atomic mass is 16.5. The lowest BCUT2D eigenvalue weighted by molar-refractivity contribution is -0.0376. The Morgan fingerprint density at radius 2 is 2.38 bits per heavy atom. The molecular weight excluding hydrogens is 272 g/mol. The van der Waals surface area contributed by atoms with Crippen LogP contribution in [-0.4, -0.2) is 49.4 Å². The smallest absolute Gasteiger partial charge is 0.317 e. The number of ether oxygens (including phenoxy) is 2. The van der Waals surface area contributed by atoms with Gasteiger partial charge in [-0.2, -0.15) is 0 Å². The number of urea groups is 1. The van der Waals surface area contributed by atoms with Crippen molar-refractivity contribution in [2.75, 3.05) is 26.3 Å². The molecule has 1 aliphatic rings. The Morgan fingerprint density at radius 3 is 3.14 bits per heavy atom. The molecule has 2 amide bonds. The third-order valence-corrected chi connectivity index (χ3v) is 3.71. The average Bonchev–Trinajstić information content (AvgIpc) is 2.98. The lowest BCUT2D eigenvalue weighted by atomic mass is 10.1.